The van der Waals surface area contributed by atoms with Crippen molar-refractivity contribution < 1.29 is 18.0 Å². The van der Waals surface area contributed by atoms with E-state index in [9.17, 15) is 18.0 Å². The fourth-order valence-corrected chi connectivity index (χ4v) is 3.07. The van der Waals surface area contributed by atoms with Crippen LogP contribution in [0.5, 0.6) is 0 Å². The fourth-order valence-electron chi connectivity index (χ4n) is 2.00. The molecular formula is C14H16F3N3OS. The smallest absolute Gasteiger partial charge is 0.292 e. The number of alkyl halides is 3. The highest BCUT2D eigenvalue weighted by molar-refractivity contribution is 8.17. The van der Waals surface area contributed by atoms with Crippen LogP contribution in [0, 0.1) is 0 Å². The first-order valence-electron chi connectivity index (χ1n) is 6.77. The third kappa shape index (κ3) is 2.98. The number of hydrogen-bond acceptors (Lipinski definition) is 5. The summed E-state index contributed by atoms with van der Waals surface area (Å²) in [6, 6.07) is 8.02. The number of hydrazone groups is 1. The van der Waals surface area contributed by atoms with Crippen molar-refractivity contribution in [2.75, 3.05) is 11.6 Å². The third-order valence-electron chi connectivity index (χ3n) is 3.03. The summed E-state index contributed by atoms with van der Waals surface area (Å²) in [5, 5.41) is 7.12. The minimum atomic E-state index is -4.62. The van der Waals surface area contributed by atoms with Gasteiger partial charge >= 0.3 is 6.18 Å². The SMILES string of the molecule is CCCNC1(C(F)(F)F)SC(C(C)=O)=NN1c1ccccc1. The van der Waals surface area contributed by atoms with E-state index in [4.69, 9.17) is 0 Å². The zero-order valence-electron chi connectivity index (χ0n) is 12.1. The monoisotopic (exact) mass is 331 g/mol. The van der Waals surface area contributed by atoms with Crippen LogP contribution in [-0.4, -0.2) is 28.5 Å². The van der Waals surface area contributed by atoms with Crippen LogP contribution < -0.4 is 10.3 Å². The lowest BCUT2D eigenvalue weighted by Gasteiger charge is -2.38. The van der Waals surface area contributed by atoms with Crippen molar-refractivity contribution in [3.63, 3.8) is 0 Å². The van der Waals surface area contributed by atoms with Gasteiger partial charge in [0.1, 0.15) is 0 Å². The normalized spacial score (nSPS) is 21.9. The van der Waals surface area contributed by atoms with Crippen molar-refractivity contribution in [3.8, 4) is 0 Å². The number of rotatable bonds is 5. The lowest BCUT2D eigenvalue weighted by Crippen LogP contribution is -2.62. The quantitative estimate of drug-likeness (QED) is 0.899. The molecule has 1 aliphatic heterocycles. The van der Waals surface area contributed by atoms with Gasteiger partial charge in [0.2, 0.25) is 0 Å². The van der Waals surface area contributed by atoms with Crippen LogP contribution in [0.15, 0.2) is 35.4 Å². The fraction of sp³-hybridized carbons (Fsp3) is 0.429. The largest absolute Gasteiger partial charge is 0.437 e. The topological polar surface area (TPSA) is 44.7 Å². The minimum absolute atomic E-state index is 0.149. The van der Waals surface area contributed by atoms with Crippen molar-refractivity contribution in [1.82, 2.24) is 5.32 Å². The van der Waals surface area contributed by atoms with E-state index in [-0.39, 0.29) is 17.3 Å². The molecule has 1 aromatic rings. The van der Waals surface area contributed by atoms with Crippen LogP contribution in [0.4, 0.5) is 18.9 Å². The number of carbonyl (C=O) groups is 1. The average molecular weight is 331 g/mol. The van der Waals surface area contributed by atoms with Crippen molar-refractivity contribution in [1.29, 1.82) is 0 Å². The van der Waals surface area contributed by atoms with Crippen molar-refractivity contribution in [3.05, 3.63) is 30.3 Å². The number of ketones is 1. The van der Waals surface area contributed by atoms with Crippen molar-refractivity contribution in [2.45, 2.75) is 31.4 Å². The van der Waals surface area contributed by atoms with Crippen LogP contribution in [0.2, 0.25) is 0 Å². The van der Waals surface area contributed by atoms with Crippen LogP contribution >= 0.6 is 11.8 Å². The van der Waals surface area contributed by atoms with E-state index in [1.165, 1.54) is 19.1 Å². The van der Waals surface area contributed by atoms with Gasteiger partial charge in [-0.15, -0.1) is 0 Å². The third-order valence-corrected chi connectivity index (χ3v) is 4.44. The number of nitrogens with zero attached hydrogens (tertiary/aromatic N) is 2. The molecule has 0 aliphatic carbocycles. The molecule has 0 radical (unpaired) electrons. The van der Waals surface area contributed by atoms with Crippen LogP contribution in [0.25, 0.3) is 0 Å². The van der Waals surface area contributed by atoms with E-state index in [2.05, 4.69) is 10.4 Å². The molecule has 22 heavy (non-hydrogen) atoms. The van der Waals surface area contributed by atoms with Gasteiger partial charge in [-0.25, -0.2) is 5.01 Å². The molecule has 1 unspecified atom stereocenters. The second-order valence-electron chi connectivity index (χ2n) is 4.78. The summed E-state index contributed by atoms with van der Waals surface area (Å²) in [7, 11) is 0. The Morgan fingerprint density at radius 1 is 1.36 bits per heavy atom. The summed E-state index contributed by atoms with van der Waals surface area (Å²) >= 11 is 0.406. The number of Topliss-reactive ketones (excluding diaryl/α,β-unsaturated/α-hetero) is 1. The van der Waals surface area contributed by atoms with Gasteiger partial charge in [-0.2, -0.15) is 18.3 Å². The summed E-state index contributed by atoms with van der Waals surface area (Å²) in [5.74, 6) is -0.490. The molecule has 8 heteroatoms. The van der Waals surface area contributed by atoms with E-state index >= 15 is 0 Å². The molecule has 0 bridgehead atoms. The van der Waals surface area contributed by atoms with Gasteiger partial charge in [0.25, 0.3) is 4.99 Å². The minimum Gasteiger partial charge on any atom is -0.292 e. The molecule has 0 saturated carbocycles. The molecule has 1 heterocycles. The van der Waals surface area contributed by atoms with Gasteiger partial charge < -0.3 is 0 Å². The maximum Gasteiger partial charge on any atom is 0.437 e. The molecule has 120 valence electrons. The summed E-state index contributed by atoms with van der Waals surface area (Å²) < 4.78 is 41.4. The number of nitrogens with one attached hydrogen (secondary N) is 1. The zero-order valence-corrected chi connectivity index (χ0v) is 13.0. The molecule has 0 amide bonds. The Morgan fingerprint density at radius 3 is 2.50 bits per heavy atom. The Kier molecular flexibility index (Phi) is 4.81. The van der Waals surface area contributed by atoms with Crippen LogP contribution in [0.1, 0.15) is 20.3 Å². The predicted octanol–water partition coefficient (Wildman–Crippen LogP) is 3.36. The summed E-state index contributed by atoms with van der Waals surface area (Å²) in [6.07, 6.45) is -4.10. The first kappa shape index (κ1) is 16.8. The van der Waals surface area contributed by atoms with E-state index < -0.39 is 17.0 Å². The van der Waals surface area contributed by atoms with Crippen molar-refractivity contribution in [2.24, 2.45) is 5.10 Å². The Balaban J connectivity index is 2.52. The molecule has 1 aliphatic rings. The Morgan fingerprint density at radius 2 is 2.00 bits per heavy atom. The second-order valence-corrected chi connectivity index (χ2v) is 5.96. The average Bonchev–Trinajstić information content (AvgIpc) is 2.87. The first-order chi connectivity index (χ1) is 10.3. The zero-order chi connectivity index (χ0) is 16.4. The van der Waals surface area contributed by atoms with Crippen LogP contribution in [-0.2, 0) is 4.79 Å². The molecule has 1 aromatic carbocycles. The van der Waals surface area contributed by atoms with E-state index in [0.29, 0.717) is 18.2 Å². The van der Waals surface area contributed by atoms with Gasteiger partial charge in [0, 0.05) is 6.92 Å². The summed E-state index contributed by atoms with van der Waals surface area (Å²) in [6.45, 7) is 3.13. The van der Waals surface area contributed by atoms with Gasteiger partial charge in [-0.05, 0) is 36.9 Å². The lowest BCUT2D eigenvalue weighted by atomic mass is 10.3. The van der Waals surface area contributed by atoms with E-state index in [1.54, 1.807) is 25.1 Å². The number of anilines is 1. The maximum absolute atomic E-state index is 13.8. The Bertz CT molecular complexity index is 576. The predicted molar refractivity (Wildman–Crippen MR) is 81.7 cm³/mol. The lowest BCUT2D eigenvalue weighted by molar-refractivity contribution is -0.166. The van der Waals surface area contributed by atoms with Crippen molar-refractivity contribution >= 4 is 28.3 Å². The second kappa shape index (κ2) is 6.29. The summed E-state index contributed by atoms with van der Waals surface area (Å²) in [5.41, 5.74) is 0.271. The number of hydrogen-bond donors (Lipinski definition) is 1. The van der Waals surface area contributed by atoms with E-state index in [1.807, 2.05) is 0 Å². The Labute approximate surface area is 130 Å². The number of benzene rings is 1. The summed E-state index contributed by atoms with van der Waals surface area (Å²) in [4.78, 5) is 9.07. The molecule has 2 rings (SSSR count). The number of thioether (sulfide) groups is 1. The van der Waals surface area contributed by atoms with Crippen LogP contribution in [0.3, 0.4) is 0 Å². The highest BCUT2D eigenvalue weighted by Gasteiger charge is 2.64. The van der Waals surface area contributed by atoms with Gasteiger partial charge in [-0.1, -0.05) is 25.1 Å². The molecule has 1 N–H and O–H groups in total. The first-order valence-corrected chi connectivity index (χ1v) is 7.59. The molecule has 0 saturated heterocycles. The van der Waals surface area contributed by atoms with E-state index in [0.717, 1.165) is 5.01 Å². The number of halogens is 3. The maximum atomic E-state index is 13.8. The standard InChI is InChI=1S/C14H16F3N3OS/c1-3-9-18-14(13(15,16)17)20(11-7-5-4-6-8-11)19-12(22-14)10(2)21/h4-8,18H,3,9H2,1-2H3. The molecule has 0 fully saturated rings. The number of para-hydroxylation sites is 1. The molecular weight excluding hydrogens is 315 g/mol. The van der Waals surface area contributed by atoms with Gasteiger partial charge in [0.15, 0.2) is 10.8 Å². The highest BCUT2D eigenvalue weighted by atomic mass is 32.2. The molecule has 1 atom stereocenters. The van der Waals surface area contributed by atoms with Gasteiger partial charge in [-0.3, -0.25) is 10.1 Å². The van der Waals surface area contributed by atoms with Gasteiger partial charge in [0.05, 0.1) is 5.69 Å². The molecule has 0 spiro atoms. The molecule has 0 aromatic heterocycles. The highest BCUT2D eigenvalue weighted by Crippen LogP contribution is 2.48. The number of carbonyl (C=O) groups excluding carboxylic acids is 1. The molecule has 4 nitrogen and oxygen atoms in total. The Hall–Kier alpha value is -1.54.